The first-order valence-electron chi connectivity index (χ1n) is 22.0. The van der Waals surface area contributed by atoms with Crippen LogP contribution in [0.3, 0.4) is 0 Å². The van der Waals surface area contributed by atoms with Crippen LogP contribution in [0.1, 0.15) is 132 Å². The first-order chi connectivity index (χ1) is 27.9. The van der Waals surface area contributed by atoms with E-state index in [1.807, 2.05) is 44.4 Å². The lowest BCUT2D eigenvalue weighted by atomic mass is 9.51. The third kappa shape index (κ3) is 7.07. The molecule has 2 aromatic carbocycles. The molecule has 9 heteroatoms. The van der Waals surface area contributed by atoms with Crippen LogP contribution in [0.25, 0.3) is 0 Å². The van der Waals surface area contributed by atoms with E-state index >= 15 is 0 Å². The zero-order valence-electron chi connectivity index (χ0n) is 35.2. The number of hydrogen-bond acceptors (Lipinski definition) is 8. The number of aromatic hydroxyl groups is 1. The molecule has 0 bridgehead atoms. The molecular formula is C49H64N2O7. The highest BCUT2D eigenvalue weighted by Gasteiger charge is 2.64. The van der Waals surface area contributed by atoms with Crippen molar-refractivity contribution in [2.45, 2.75) is 128 Å². The van der Waals surface area contributed by atoms with Crippen molar-refractivity contribution in [3.8, 4) is 5.75 Å². The fourth-order valence-electron chi connectivity index (χ4n) is 13.6. The predicted octanol–water partition coefficient (Wildman–Crippen LogP) is 9.31. The van der Waals surface area contributed by atoms with Crippen LogP contribution in [-0.2, 0) is 25.5 Å². The molecule has 0 aromatic heterocycles. The normalized spacial score (nSPS) is 36.0. The summed E-state index contributed by atoms with van der Waals surface area (Å²) in [5, 5.41) is 26.4. The van der Waals surface area contributed by atoms with Gasteiger partial charge in [0, 0.05) is 38.5 Å². The Balaban J connectivity index is 0.000000195. The van der Waals surface area contributed by atoms with Gasteiger partial charge in [-0.05, 0) is 171 Å². The summed E-state index contributed by atoms with van der Waals surface area (Å²) < 4.78 is 12.1. The van der Waals surface area contributed by atoms with E-state index in [1.54, 1.807) is 18.9 Å². The van der Waals surface area contributed by atoms with Crippen molar-refractivity contribution in [3.63, 3.8) is 0 Å². The number of aliphatic hydroxyl groups is 1. The molecule has 1 amide bonds. The van der Waals surface area contributed by atoms with E-state index in [0.29, 0.717) is 49.0 Å². The van der Waals surface area contributed by atoms with E-state index < -0.39 is 6.09 Å². The number of oxime groups is 1. The average molecular weight is 793 g/mol. The van der Waals surface area contributed by atoms with E-state index in [-0.39, 0.29) is 34.2 Å². The number of methoxy groups -OCH3 is 2. The minimum absolute atomic E-state index is 0.0243. The maximum atomic E-state index is 12.3. The Kier molecular flexibility index (Phi) is 11.5. The number of nitrogens with one attached hydrogen (secondary N) is 1. The number of phenols is 1. The van der Waals surface area contributed by atoms with E-state index in [2.05, 4.69) is 42.5 Å². The van der Waals surface area contributed by atoms with Gasteiger partial charge >= 0.3 is 6.09 Å². The number of rotatable bonds is 7. The topological polar surface area (TPSA) is 127 Å². The molecule has 58 heavy (non-hydrogen) atoms. The predicted molar refractivity (Wildman–Crippen MR) is 225 cm³/mol. The van der Waals surface area contributed by atoms with Gasteiger partial charge in [-0.1, -0.05) is 54.9 Å². The van der Waals surface area contributed by atoms with Gasteiger partial charge in [0.05, 0.1) is 24.5 Å². The van der Waals surface area contributed by atoms with Crippen LogP contribution in [0.5, 0.6) is 5.75 Å². The third-order valence-electron chi connectivity index (χ3n) is 16.5. The van der Waals surface area contributed by atoms with Crippen molar-refractivity contribution in [3.05, 3.63) is 87.5 Å². The minimum Gasteiger partial charge on any atom is -0.508 e. The van der Waals surface area contributed by atoms with Gasteiger partial charge in [-0.3, -0.25) is 9.63 Å². The summed E-state index contributed by atoms with van der Waals surface area (Å²) in [6.45, 7) is 7.66. The highest BCUT2D eigenvalue weighted by Crippen LogP contribution is 2.67. The number of aryl methyl sites for hydroxylation is 1. The van der Waals surface area contributed by atoms with Crippen molar-refractivity contribution < 1.29 is 34.1 Å². The number of carbonyl (C=O) groups excluding carboxylic acids is 2. The molecule has 0 heterocycles. The molecule has 9 rings (SSSR count). The first-order valence-corrected chi connectivity index (χ1v) is 22.0. The lowest BCUT2D eigenvalue weighted by Crippen LogP contribution is -2.54. The molecule has 10 atom stereocenters. The molecular weight excluding hydrogens is 729 g/mol. The summed E-state index contributed by atoms with van der Waals surface area (Å²) in [5.41, 5.74) is 9.06. The number of benzene rings is 2. The Morgan fingerprint density at radius 2 is 1.74 bits per heavy atom. The summed E-state index contributed by atoms with van der Waals surface area (Å²) >= 11 is 0. The van der Waals surface area contributed by atoms with Crippen molar-refractivity contribution in [2.75, 3.05) is 27.4 Å². The number of phenolic OH excluding ortho intramolecular Hbond substituents is 1. The molecule has 9 nitrogen and oxygen atoms in total. The number of aliphatic hydroxyl groups excluding tert-OH is 1. The zero-order valence-corrected chi connectivity index (χ0v) is 35.2. The van der Waals surface area contributed by atoms with Gasteiger partial charge in [-0.2, -0.15) is 0 Å². The average Bonchev–Trinajstić information content (AvgIpc) is 3.69. The number of allylic oxidation sites excluding steroid dienone is 4. The van der Waals surface area contributed by atoms with Gasteiger partial charge in [-0.25, -0.2) is 4.79 Å². The van der Waals surface area contributed by atoms with Gasteiger partial charge in [-0.15, -0.1) is 0 Å². The van der Waals surface area contributed by atoms with Crippen molar-refractivity contribution >= 4 is 18.1 Å². The van der Waals surface area contributed by atoms with Crippen LogP contribution in [0, 0.1) is 34.5 Å². The first kappa shape index (κ1) is 41.0. The molecule has 0 radical (unpaired) electrons. The lowest BCUT2D eigenvalue weighted by Gasteiger charge is -2.55. The Bertz CT molecular complexity index is 1970. The number of amides is 1. The Labute approximate surface area is 344 Å². The molecule has 3 N–H and O–H groups in total. The van der Waals surface area contributed by atoms with Crippen LogP contribution in [0.2, 0.25) is 0 Å². The van der Waals surface area contributed by atoms with Crippen LogP contribution >= 0.6 is 0 Å². The lowest BCUT2D eigenvalue weighted by molar-refractivity contribution is -0.149. The van der Waals surface area contributed by atoms with Crippen LogP contribution in [0.15, 0.2) is 70.4 Å². The Hall–Kier alpha value is -3.79. The quantitative estimate of drug-likeness (QED) is 0.145. The summed E-state index contributed by atoms with van der Waals surface area (Å²) in [4.78, 5) is 28.6. The number of ether oxygens (including phenoxy) is 2. The molecule has 2 aromatic rings. The van der Waals surface area contributed by atoms with Gasteiger partial charge in [0.25, 0.3) is 0 Å². The minimum atomic E-state index is -0.564. The second-order valence-electron chi connectivity index (χ2n) is 18.9. The summed E-state index contributed by atoms with van der Waals surface area (Å²) in [5.74, 6) is 4.02. The molecule has 4 fully saturated rings. The molecule has 0 aliphatic heterocycles. The highest BCUT2D eigenvalue weighted by molar-refractivity contribution is 5.93. The van der Waals surface area contributed by atoms with Crippen LogP contribution in [-0.4, -0.2) is 67.4 Å². The van der Waals surface area contributed by atoms with E-state index in [4.69, 9.17) is 14.3 Å². The zero-order chi connectivity index (χ0) is 40.8. The van der Waals surface area contributed by atoms with E-state index in [0.717, 1.165) is 69.3 Å². The fraction of sp³-hybridized carbons (Fsp3) is 0.612. The number of fused-ring (bicyclic) bond motifs is 9. The maximum absolute atomic E-state index is 12.3. The third-order valence-corrected chi connectivity index (χ3v) is 16.5. The van der Waals surface area contributed by atoms with Crippen molar-refractivity contribution in [1.29, 1.82) is 0 Å². The van der Waals surface area contributed by atoms with Crippen molar-refractivity contribution in [2.24, 2.45) is 39.7 Å². The number of ketones is 1. The second-order valence-corrected chi connectivity index (χ2v) is 18.9. The van der Waals surface area contributed by atoms with E-state index in [1.165, 1.54) is 47.1 Å². The monoisotopic (exact) mass is 792 g/mol. The maximum Gasteiger partial charge on any atom is 0.433 e. The van der Waals surface area contributed by atoms with Crippen molar-refractivity contribution in [1.82, 2.24) is 5.32 Å². The molecule has 0 unspecified atom stereocenters. The fourth-order valence-corrected chi connectivity index (χ4v) is 13.6. The van der Waals surface area contributed by atoms with Crippen LogP contribution in [0.4, 0.5) is 4.79 Å². The SMILES string of the molecule is CCNC(=O)O/N=C/c1ccc([C@H]2C[C@@]3(C)[C@@H](CC[C@]3(COC)OC)[C@@H]3CCC4=CC(=O)CCC4=C32)cc1.C[C@]12CC[C@@H]3c4ccc(O)cc4CC[C@H]3[C@@H]1CC[C@@H]2O. The standard InChI is InChI=1S/C31H40N2O5.C18H24O2/c1-5-32-29(35)38-33-18-20-6-8-21(9-7-20)26-17-30(2)27(14-15-31(30,37-4)19-36-3)25-12-10-22-16-23(34)11-13-24(22)28(25)26;1-18-9-8-14-13-5-3-12(19)10-11(13)2-4-15(14)16(18)6-7-17(18)20/h6-9,16,18,25-27H,5,10-15,17,19H2,1-4H3,(H,32,35);3,5,10,14-17,19-20H,2,4,6-9H2,1H3/b33-18+;/t25-,26+,27-,30-,31+;14-,15-,16+,17+,18+/m01/s1. The molecule has 4 saturated carbocycles. The smallest absolute Gasteiger partial charge is 0.433 e. The number of hydrogen-bond donors (Lipinski definition) is 3. The molecule has 7 aliphatic carbocycles. The molecule has 312 valence electrons. The van der Waals surface area contributed by atoms with Gasteiger partial charge in [0.2, 0.25) is 0 Å². The Morgan fingerprint density at radius 3 is 2.50 bits per heavy atom. The second kappa shape index (κ2) is 16.3. The molecule has 0 spiro atoms. The van der Waals surface area contributed by atoms with Gasteiger partial charge in [0.1, 0.15) is 5.75 Å². The summed E-state index contributed by atoms with van der Waals surface area (Å²) in [6, 6.07) is 14.4. The highest BCUT2D eigenvalue weighted by atomic mass is 16.7. The Morgan fingerprint density at radius 1 is 0.931 bits per heavy atom. The largest absolute Gasteiger partial charge is 0.508 e. The molecule has 0 saturated heterocycles. The van der Waals surface area contributed by atoms with Gasteiger partial charge in [0.15, 0.2) is 5.78 Å². The summed E-state index contributed by atoms with van der Waals surface area (Å²) in [7, 11) is 3.62. The van der Waals surface area contributed by atoms with Crippen LogP contribution < -0.4 is 5.32 Å². The number of nitrogens with zero attached hydrogens (tertiary/aromatic N) is 1. The summed E-state index contributed by atoms with van der Waals surface area (Å²) in [6.07, 6.45) is 16.4. The van der Waals surface area contributed by atoms with E-state index in [9.17, 15) is 19.8 Å². The van der Waals surface area contributed by atoms with Gasteiger partial charge < -0.3 is 25.0 Å². The number of carbonyl (C=O) groups is 2. The molecule has 7 aliphatic rings.